The van der Waals surface area contributed by atoms with E-state index >= 15 is 0 Å². The van der Waals surface area contributed by atoms with Gasteiger partial charge in [0.05, 0.1) is 0 Å². The van der Waals surface area contributed by atoms with Crippen molar-refractivity contribution in [2.75, 3.05) is 25.1 Å². The summed E-state index contributed by atoms with van der Waals surface area (Å²) < 4.78 is 0. The van der Waals surface area contributed by atoms with Gasteiger partial charge in [0.15, 0.2) is 0 Å². The third-order valence-electron chi connectivity index (χ3n) is 2.37. The van der Waals surface area contributed by atoms with Crippen LogP contribution in [0.1, 0.15) is 38.5 Å². The van der Waals surface area contributed by atoms with E-state index in [9.17, 15) is 0 Å². The molecule has 0 rings (SSSR count). The van der Waals surface area contributed by atoms with Crippen LogP contribution >= 0.6 is 11.8 Å². The van der Waals surface area contributed by atoms with Gasteiger partial charge >= 0.3 is 0 Å². The summed E-state index contributed by atoms with van der Waals surface area (Å²) in [6, 6.07) is 0. The number of nitrogens with one attached hydrogen (secondary N) is 1. The normalized spacial score (nSPS) is 11.9. The van der Waals surface area contributed by atoms with Crippen molar-refractivity contribution in [3.63, 3.8) is 0 Å². The molecule has 0 fully saturated rings. The molecular weight excluding hydrogens is 222 g/mol. The molecular formula is C11H25N3OS. The van der Waals surface area contributed by atoms with Gasteiger partial charge in [-0.1, -0.05) is 18.0 Å². The fourth-order valence-electron chi connectivity index (χ4n) is 1.42. The number of oxime groups is 1. The molecule has 0 aromatic carbocycles. The quantitative estimate of drug-likeness (QED) is 0.172. The summed E-state index contributed by atoms with van der Waals surface area (Å²) in [6.07, 6.45) is 8.99. The zero-order valence-electron chi connectivity index (χ0n) is 10.2. The molecule has 0 saturated heterocycles. The van der Waals surface area contributed by atoms with Crippen LogP contribution in [-0.2, 0) is 0 Å². The van der Waals surface area contributed by atoms with Crippen molar-refractivity contribution < 1.29 is 5.21 Å². The SMILES string of the molecule is CSCCCCCCNCCCC(N)=NO. The van der Waals surface area contributed by atoms with Crippen molar-refractivity contribution >= 4 is 17.6 Å². The first-order valence-electron chi connectivity index (χ1n) is 5.97. The maximum absolute atomic E-state index is 8.32. The average Bonchev–Trinajstić information content (AvgIpc) is 2.31. The van der Waals surface area contributed by atoms with Crippen molar-refractivity contribution in [1.29, 1.82) is 0 Å². The minimum atomic E-state index is 0.318. The van der Waals surface area contributed by atoms with Crippen LogP contribution in [0, 0.1) is 0 Å². The molecule has 0 bridgehead atoms. The standard InChI is InChI=1S/C11H25N3OS/c1-16-10-5-3-2-4-8-13-9-6-7-11(12)14-15/h13,15H,2-10H2,1H3,(H2,12,14). The van der Waals surface area contributed by atoms with Gasteiger partial charge in [0.2, 0.25) is 0 Å². The number of hydrogen-bond acceptors (Lipinski definition) is 4. The lowest BCUT2D eigenvalue weighted by atomic mass is 10.2. The maximum Gasteiger partial charge on any atom is 0.139 e. The highest BCUT2D eigenvalue weighted by atomic mass is 32.2. The fourth-order valence-corrected chi connectivity index (χ4v) is 1.91. The topological polar surface area (TPSA) is 70.6 Å². The Morgan fingerprint density at radius 1 is 1.19 bits per heavy atom. The van der Waals surface area contributed by atoms with Crippen LogP contribution in [0.25, 0.3) is 0 Å². The number of unbranched alkanes of at least 4 members (excludes halogenated alkanes) is 3. The zero-order valence-corrected chi connectivity index (χ0v) is 11.1. The summed E-state index contributed by atoms with van der Waals surface area (Å²) in [4.78, 5) is 0. The molecule has 0 aliphatic carbocycles. The lowest BCUT2D eigenvalue weighted by molar-refractivity contribution is 0.316. The summed E-state index contributed by atoms with van der Waals surface area (Å²) in [5.41, 5.74) is 5.35. The molecule has 0 amide bonds. The molecule has 0 aliphatic rings. The van der Waals surface area contributed by atoms with Gasteiger partial charge in [-0.05, 0) is 44.4 Å². The van der Waals surface area contributed by atoms with Crippen LogP contribution in [0.15, 0.2) is 5.16 Å². The summed E-state index contributed by atoms with van der Waals surface area (Å²) in [6.45, 7) is 2.02. The molecule has 0 unspecified atom stereocenters. The highest BCUT2D eigenvalue weighted by Crippen LogP contribution is 2.03. The summed E-state index contributed by atoms with van der Waals surface area (Å²) in [7, 11) is 0. The van der Waals surface area contributed by atoms with Crippen LogP contribution in [0.5, 0.6) is 0 Å². The van der Waals surface area contributed by atoms with Gasteiger partial charge in [0.25, 0.3) is 0 Å². The van der Waals surface area contributed by atoms with E-state index in [2.05, 4.69) is 16.7 Å². The van der Waals surface area contributed by atoms with Crippen LogP contribution in [-0.4, -0.2) is 36.1 Å². The van der Waals surface area contributed by atoms with E-state index in [4.69, 9.17) is 10.9 Å². The fraction of sp³-hybridized carbons (Fsp3) is 0.909. The van der Waals surface area contributed by atoms with Crippen LogP contribution in [0.3, 0.4) is 0 Å². The van der Waals surface area contributed by atoms with Crippen molar-refractivity contribution in [2.24, 2.45) is 10.9 Å². The number of hydrogen-bond donors (Lipinski definition) is 3. The van der Waals surface area contributed by atoms with E-state index in [1.165, 1.54) is 31.4 Å². The summed E-state index contributed by atoms with van der Waals surface area (Å²) >= 11 is 1.92. The smallest absolute Gasteiger partial charge is 0.139 e. The van der Waals surface area contributed by atoms with E-state index < -0.39 is 0 Å². The molecule has 0 aromatic heterocycles. The van der Waals surface area contributed by atoms with Crippen LogP contribution < -0.4 is 11.1 Å². The first-order valence-corrected chi connectivity index (χ1v) is 7.36. The molecule has 4 nitrogen and oxygen atoms in total. The van der Waals surface area contributed by atoms with Gasteiger partial charge in [0.1, 0.15) is 5.84 Å². The van der Waals surface area contributed by atoms with Crippen LogP contribution in [0.2, 0.25) is 0 Å². The molecule has 0 saturated carbocycles. The van der Waals surface area contributed by atoms with Gasteiger partial charge < -0.3 is 16.3 Å². The second-order valence-electron chi connectivity index (χ2n) is 3.85. The second kappa shape index (κ2) is 12.6. The lowest BCUT2D eigenvalue weighted by Gasteiger charge is -2.04. The first-order chi connectivity index (χ1) is 7.81. The van der Waals surface area contributed by atoms with Crippen molar-refractivity contribution in [2.45, 2.75) is 38.5 Å². The molecule has 0 spiro atoms. The van der Waals surface area contributed by atoms with E-state index in [1.807, 2.05) is 11.8 Å². The monoisotopic (exact) mass is 247 g/mol. The first kappa shape index (κ1) is 15.6. The predicted molar refractivity (Wildman–Crippen MR) is 72.4 cm³/mol. The highest BCUT2D eigenvalue weighted by Gasteiger charge is 1.93. The number of rotatable bonds is 11. The molecule has 5 heteroatoms. The molecule has 4 N–H and O–H groups in total. The average molecular weight is 247 g/mol. The third-order valence-corrected chi connectivity index (χ3v) is 3.06. The lowest BCUT2D eigenvalue weighted by Crippen LogP contribution is -2.19. The minimum absolute atomic E-state index is 0.318. The third kappa shape index (κ3) is 11.7. The number of thioether (sulfide) groups is 1. The Bertz CT molecular complexity index is 177. The Morgan fingerprint density at radius 2 is 1.88 bits per heavy atom. The van der Waals surface area contributed by atoms with Gasteiger partial charge in [0, 0.05) is 6.42 Å². The molecule has 0 atom stereocenters. The molecule has 96 valence electrons. The predicted octanol–water partition coefficient (Wildman–Crippen LogP) is 2.03. The summed E-state index contributed by atoms with van der Waals surface area (Å²) in [5.74, 6) is 1.60. The Kier molecular flexibility index (Phi) is 12.3. The largest absolute Gasteiger partial charge is 0.409 e. The Balaban J connectivity index is 2.99. The van der Waals surface area contributed by atoms with Crippen molar-refractivity contribution in [3.05, 3.63) is 0 Å². The Hall–Kier alpha value is -0.420. The number of amidine groups is 1. The maximum atomic E-state index is 8.32. The van der Waals surface area contributed by atoms with Gasteiger partial charge in [-0.3, -0.25) is 0 Å². The molecule has 0 aromatic rings. The van der Waals surface area contributed by atoms with E-state index in [1.54, 1.807) is 0 Å². The number of nitrogens with zero attached hydrogens (tertiary/aromatic N) is 1. The molecule has 0 aliphatic heterocycles. The van der Waals surface area contributed by atoms with E-state index in [-0.39, 0.29) is 0 Å². The van der Waals surface area contributed by atoms with Crippen LogP contribution in [0.4, 0.5) is 0 Å². The molecule has 0 heterocycles. The highest BCUT2D eigenvalue weighted by molar-refractivity contribution is 7.98. The van der Waals surface area contributed by atoms with Crippen molar-refractivity contribution in [1.82, 2.24) is 5.32 Å². The molecule has 0 radical (unpaired) electrons. The van der Waals surface area contributed by atoms with Gasteiger partial charge in [-0.25, -0.2) is 0 Å². The minimum Gasteiger partial charge on any atom is -0.409 e. The van der Waals surface area contributed by atoms with E-state index in [0.29, 0.717) is 12.3 Å². The zero-order chi connectivity index (χ0) is 12.1. The molecule has 16 heavy (non-hydrogen) atoms. The number of nitrogens with two attached hydrogens (primary N) is 1. The van der Waals surface area contributed by atoms with Gasteiger partial charge in [-0.15, -0.1) is 0 Å². The van der Waals surface area contributed by atoms with E-state index in [0.717, 1.165) is 19.5 Å². The summed E-state index contributed by atoms with van der Waals surface area (Å²) in [5, 5.41) is 14.6. The van der Waals surface area contributed by atoms with Crippen molar-refractivity contribution in [3.8, 4) is 0 Å². The Morgan fingerprint density at radius 3 is 2.56 bits per heavy atom. The van der Waals surface area contributed by atoms with Gasteiger partial charge in [-0.2, -0.15) is 11.8 Å². The Labute approximate surface area is 103 Å². The second-order valence-corrected chi connectivity index (χ2v) is 4.84.